The van der Waals surface area contributed by atoms with Gasteiger partial charge in [-0.2, -0.15) is 0 Å². The minimum Gasteiger partial charge on any atom is -0.321 e. The van der Waals surface area contributed by atoms with Crippen molar-refractivity contribution in [3.8, 4) is 0 Å². The first kappa shape index (κ1) is 13.4. The minimum absolute atomic E-state index is 0.360. The molecule has 2 rings (SSSR count). The van der Waals surface area contributed by atoms with Gasteiger partial charge in [0.1, 0.15) is 17.9 Å². The summed E-state index contributed by atoms with van der Waals surface area (Å²) in [6.45, 7) is 0. The summed E-state index contributed by atoms with van der Waals surface area (Å²) >= 11 is 0. The zero-order chi connectivity index (χ0) is 13.8. The molecule has 0 aliphatic heterocycles. The summed E-state index contributed by atoms with van der Waals surface area (Å²) in [5.74, 6) is -1.14. The molecule has 2 aromatic carbocycles. The van der Waals surface area contributed by atoms with Crippen LogP contribution in [0.25, 0.3) is 0 Å². The Hall–Kier alpha value is -2.07. The summed E-state index contributed by atoms with van der Waals surface area (Å²) in [7, 11) is 0. The lowest BCUT2D eigenvalue weighted by atomic mass is 9.86. The number of carbonyl (C=O) groups excluding carboxylic acids is 1. The Bertz CT molecular complexity index is 506. The summed E-state index contributed by atoms with van der Waals surface area (Å²) in [6.07, 6.45) is 0.636. The van der Waals surface area contributed by atoms with Gasteiger partial charge in [-0.05, 0) is 35.4 Å². The van der Waals surface area contributed by atoms with Crippen LogP contribution in [0.1, 0.15) is 17.0 Å². The predicted octanol–water partition coefficient (Wildman–Crippen LogP) is 2.62. The normalized spacial score (nSPS) is 12.4. The smallest absolute Gasteiger partial charge is 0.137 e. The van der Waals surface area contributed by atoms with Gasteiger partial charge in [0, 0.05) is 5.92 Å². The molecule has 0 heterocycles. The third-order valence-corrected chi connectivity index (χ3v) is 3.00. The SMILES string of the molecule is NC(C=O)C(c1ccc(F)cc1)c1ccc(F)cc1. The first-order chi connectivity index (χ1) is 9.11. The van der Waals surface area contributed by atoms with E-state index in [4.69, 9.17) is 5.73 Å². The van der Waals surface area contributed by atoms with E-state index in [0.717, 1.165) is 0 Å². The lowest BCUT2D eigenvalue weighted by Crippen LogP contribution is -2.30. The molecule has 98 valence electrons. The quantitative estimate of drug-likeness (QED) is 0.860. The summed E-state index contributed by atoms with van der Waals surface area (Å²) in [6, 6.07) is 10.8. The third kappa shape index (κ3) is 3.03. The molecule has 2 aromatic rings. The highest BCUT2D eigenvalue weighted by Crippen LogP contribution is 2.27. The molecule has 0 amide bonds. The molecule has 2 nitrogen and oxygen atoms in total. The number of aldehydes is 1. The first-order valence-electron chi connectivity index (χ1n) is 5.83. The lowest BCUT2D eigenvalue weighted by Gasteiger charge is -2.21. The molecule has 0 radical (unpaired) electrons. The molecule has 0 bridgehead atoms. The second kappa shape index (κ2) is 5.71. The van der Waals surface area contributed by atoms with Gasteiger partial charge in [-0.25, -0.2) is 8.78 Å². The van der Waals surface area contributed by atoms with Crippen molar-refractivity contribution >= 4 is 6.29 Å². The van der Waals surface area contributed by atoms with Crippen molar-refractivity contribution in [2.24, 2.45) is 5.73 Å². The van der Waals surface area contributed by atoms with E-state index < -0.39 is 12.0 Å². The Morgan fingerprint density at radius 2 is 1.21 bits per heavy atom. The van der Waals surface area contributed by atoms with E-state index in [0.29, 0.717) is 17.4 Å². The number of halogens is 2. The second-order valence-electron chi connectivity index (χ2n) is 4.29. The summed E-state index contributed by atoms with van der Waals surface area (Å²) in [4.78, 5) is 11.0. The highest BCUT2D eigenvalue weighted by molar-refractivity contribution is 5.61. The Balaban J connectivity index is 2.43. The van der Waals surface area contributed by atoms with Crippen molar-refractivity contribution in [2.45, 2.75) is 12.0 Å². The average molecular weight is 261 g/mol. The molecular weight excluding hydrogens is 248 g/mol. The Labute approximate surface area is 109 Å². The van der Waals surface area contributed by atoms with Gasteiger partial charge in [0.25, 0.3) is 0 Å². The van der Waals surface area contributed by atoms with E-state index in [-0.39, 0.29) is 11.6 Å². The number of nitrogens with two attached hydrogens (primary N) is 1. The van der Waals surface area contributed by atoms with Gasteiger partial charge >= 0.3 is 0 Å². The van der Waals surface area contributed by atoms with E-state index in [9.17, 15) is 13.6 Å². The molecular formula is C15H13F2NO. The van der Waals surface area contributed by atoms with Gasteiger partial charge in [0.15, 0.2) is 0 Å². The van der Waals surface area contributed by atoms with Crippen molar-refractivity contribution < 1.29 is 13.6 Å². The predicted molar refractivity (Wildman–Crippen MR) is 68.7 cm³/mol. The standard InChI is InChI=1S/C15H13F2NO/c16-12-5-1-10(2-6-12)15(14(18)9-19)11-3-7-13(17)8-4-11/h1-9,14-15H,18H2. The zero-order valence-electron chi connectivity index (χ0n) is 10.1. The van der Waals surface area contributed by atoms with E-state index in [1.807, 2.05) is 0 Å². The van der Waals surface area contributed by atoms with Crippen molar-refractivity contribution in [1.82, 2.24) is 0 Å². The van der Waals surface area contributed by atoms with Gasteiger partial charge in [-0.3, -0.25) is 0 Å². The van der Waals surface area contributed by atoms with Crippen LogP contribution in [0.3, 0.4) is 0 Å². The van der Waals surface area contributed by atoms with Crippen LogP contribution in [-0.2, 0) is 4.79 Å². The topological polar surface area (TPSA) is 43.1 Å². The third-order valence-electron chi connectivity index (χ3n) is 3.00. The fraction of sp³-hybridized carbons (Fsp3) is 0.133. The number of benzene rings is 2. The van der Waals surface area contributed by atoms with Crippen LogP contribution in [0.15, 0.2) is 48.5 Å². The van der Waals surface area contributed by atoms with Gasteiger partial charge in [0.05, 0.1) is 6.04 Å². The lowest BCUT2D eigenvalue weighted by molar-refractivity contribution is -0.109. The number of carbonyl (C=O) groups is 1. The van der Waals surface area contributed by atoms with E-state index in [2.05, 4.69) is 0 Å². The van der Waals surface area contributed by atoms with E-state index in [1.54, 1.807) is 24.3 Å². The summed E-state index contributed by atoms with van der Waals surface area (Å²) in [5, 5.41) is 0. The molecule has 0 saturated carbocycles. The van der Waals surface area contributed by atoms with Crippen LogP contribution < -0.4 is 5.73 Å². The molecule has 2 N–H and O–H groups in total. The fourth-order valence-corrected chi connectivity index (χ4v) is 2.06. The van der Waals surface area contributed by atoms with E-state index in [1.165, 1.54) is 24.3 Å². The number of rotatable bonds is 4. The highest BCUT2D eigenvalue weighted by atomic mass is 19.1. The van der Waals surface area contributed by atoms with Gasteiger partial charge in [-0.15, -0.1) is 0 Å². The molecule has 19 heavy (non-hydrogen) atoms. The van der Waals surface area contributed by atoms with Crippen molar-refractivity contribution in [1.29, 1.82) is 0 Å². The maximum absolute atomic E-state index is 12.9. The average Bonchev–Trinajstić information content (AvgIpc) is 2.43. The van der Waals surface area contributed by atoms with Crippen LogP contribution >= 0.6 is 0 Å². The van der Waals surface area contributed by atoms with Crippen LogP contribution in [0.4, 0.5) is 8.78 Å². The zero-order valence-corrected chi connectivity index (χ0v) is 10.1. The highest BCUT2D eigenvalue weighted by Gasteiger charge is 2.21. The fourth-order valence-electron chi connectivity index (χ4n) is 2.06. The molecule has 1 atom stereocenters. The van der Waals surface area contributed by atoms with Gasteiger partial charge in [0.2, 0.25) is 0 Å². The Morgan fingerprint density at radius 1 is 0.842 bits per heavy atom. The largest absolute Gasteiger partial charge is 0.321 e. The summed E-state index contributed by atoms with van der Waals surface area (Å²) < 4.78 is 25.9. The van der Waals surface area contributed by atoms with Crippen LogP contribution in [0.5, 0.6) is 0 Å². The molecule has 1 unspecified atom stereocenters. The van der Waals surface area contributed by atoms with Crippen molar-refractivity contribution in [2.75, 3.05) is 0 Å². The van der Waals surface area contributed by atoms with Crippen LogP contribution in [0.2, 0.25) is 0 Å². The molecule has 0 aliphatic carbocycles. The maximum atomic E-state index is 12.9. The second-order valence-corrected chi connectivity index (χ2v) is 4.29. The number of hydrogen-bond acceptors (Lipinski definition) is 2. The molecule has 0 spiro atoms. The minimum atomic E-state index is -0.768. The van der Waals surface area contributed by atoms with Gasteiger partial charge in [-0.1, -0.05) is 24.3 Å². The monoisotopic (exact) mass is 261 g/mol. The van der Waals surface area contributed by atoms with Gasteiger partial charge < -0.3 is 10.5 Å². The molecule has 4 heteroatoms. The molecule has 0 fully saturated rings. The Morgan fingerprint density at radius 3 is 1.53 bits per heavy atom. The Kier molecular flexibility index (Phi) is 4.02. The maximum Gasteiger partial charge on any atom is 0.137 e. The van der Waals surface area contributed by atoms with Crippen molar-refractivity contribution in [3.05, 3.63) is 71.3 Å². The summed E-state index contributed by atoms with van der Waals surface area (Å²) in [5.41, 5.74) is 7.23. The molecule has 0 aliphatic rings. The number of hydrogen-bond donors (Lipinski definition) is 1. The van der Waals surface area contributed by atoms with Crippen LogP contribution in [0, 0.1) is 11.6 Å². The van der Waals surface area contributed by atoms with E-state index >= 15 is 0 Å². The van der Waals surface area contributed by atoms with Crippen LogP contribution in [-0.4, -0.2) is 12.3 Å². The molecule has 0 saturated heterocycles. The van der Waals surface area contributed by atoms with Crippen molar-refractivity contribution in [3.63, 3.8) is 0 Å². The molecule has 0 aromatic heterocycles. The first-order valence-corrected chi connectivity index (χ1v) is 5.83.